The molecule has 1 aliphatic rings. The maximum absolute atomic E-state index is 13.0. The molecule has 124 valence electrons. The number of benzene rings is 2. The van der Waals surface area contributed by atoms with E-state index in [1.807, 2.05) is 6.92 Å². The topological polar surface area (TPSA) is 67.4 Å². The van der Waals surface area contributed by atoms with Crippen LogP contribution in [0.1, 0.15) is 24.8 Å². The van der Waals surface area contributed by atoms with Gasteiger partial charge in [-0.3, -0.25) is 9.59 Å². The number of halogens is 1. The van der Waals surface area contributed by atoms with Crippen LogP contribution in [-0.4, -0.2) is 18.4 Å². The number of hydrogen-bond acceptors (Lipinski definition) is 3. The first-order valence-electron chi connectivity index (χ1n) is 7.64. The van der Waals surface area contributed by atoms with Gasteiger partial charge >= 0.3 is 0 Å². The lowest BCUT2D eigenvalue weighted by molar-refractivity contribution is -0.118. The van der Waals surface area contributed by atoms with E-state index in [-0.39, 0.29) is 36.6 Å². The highest BCUT2D eigenvalue weighted by Gasteiger charge is 2.20. The molecule has 0 radical (unpaired) electrons. The Hall–Kier alpha value is -2.89. The lowest BCUT2D eigenvalue weighted by Gasteiger charge is -2.21. The van der Waals surface area contributed by atoms with Crippen molar-refractivity contribution in [1.29, 1.82) is 0 Å². The normalized spacial score (nSPS) is 14.2. The van der Waals surface area contributed by atoms with Crippen LogP contribution in [0.25, 0.3) is 0 Å². The molecule has 0 fully saturated rings. The molecular formula is C18H17FN2O3. The van der Waals surface area contributed by atoms with Crippen LogP contribution in [0.5, 0.6) is 5.75 Å². The summed E-state index contributed by atoms with van der Waals surface area (Å²) in [5, 5.41) is 5.50. The molecule has 5 nitrogen and oxygen atoms in total. The summed E-state index contributed by atoms with van der Waals surface area (Å²) in [6, 6.07) is 11.3. The zero-order valence-corrected chi connectivity index (χ0v) is 13.1. The summed E-state index contributed by atoms with van der Waals surface area (Å²) in [5.74, 6) is -0.298. The summed E-state index contributed by atoms with van der Waals surface area (Å²) in [5.41, 5.74) is 1.95. The van der Waals surface area contributed by atoms with Gasteiger partial charge in [0.2, 0.25) is 5.91 Å². The Morgan fingerprint density at radius 2 is 2.04 bits per heavy atom. The first-order chi connectivity index (χ1) is 11.5. The van der Waals surface area contributed by atoms with Gasteiger partial charge in [0.25, 0.3) is 5.91 Å². The number of amides is 2. The summed E-state index contributed by atoms with van der Waals surface area (Å²) in [4.78, 5) is 23.6. The average Bonchev–Trinajstić information content (AvgIpc) is 2.55. The van der Waals surface area contributed by atoms with Gasteiger partial charge in [0.15, 0.2) is 12.4 Å². The van der Waals surface area contributed by atoms with Crippen molar-refractivity contribution in [2.24, 2.45) is 0 Å². The number of nitrogens with one attached hydrogen (secondary N) is 2. The van der Waals surface area contributed by atoms with Crippen LogP contribution in [0.3, 0.4) is 0 Å². The van der Waals surface area contributed by atoms with E-state index in [0.717, 1.165) is 5.56 Å². The minimum Gasteiger partial charge on any atom is -0.479 e. The molecule has 6 heteroatoms. The van der Waals surface area contributed by atoms with Crippen molar-refractivity contribution in [1.82, 2.24) is 0 Å². The Bertz CT molecular complexity index is 774. The predicted octanol–water partition coefficient (Wildman–Crippen LogP) is 3.29. The first-order valence-corrected chi connectivity index (χ1v) is 7.64. The predicted molar refractivity (Wildman–Crippen MR) is 88.6 cm³/mol. The zero-order chi connectivity index (χ0) is 17.1. The highest BCUT2D eigenvalue weighted by molar-refractivity contribution is 6.00. The lowest BCUT2D eigenvalue weighted by atomic mass is 9.97. The minimum atomic E-state index is -0.300. The Morgan fingerprint density at radius 3 is 2.79 bits per heavy atom. The van der Waals surface area contributed by atoms with Crippen LogP contribution in [0, 0.1) is 5.82 Å². The molecule has 1 unspecified atom stereocenters. The molecule has 1 aliphatic heterocycles. The van der Waals surface area contributed by atoms with E-state index >= 15 is 0 Å². The van der Waals surface area contributed by atoms with Crippen molar-refractivity contribution >= 4 is 23.2 Å². The van der Waals surface area contributed by atoms with Gasteiger partial charge in [-0.1, -0.05) is 25.1 Å². The molecule has 3 rings (SSSR count). The molecule has 0 spiro atoms. The fourth-order valence-corrected chi connectivity index (χ4v) is 2.60. The Labute approximate surface area is 138 Å². The highest BCUT2D eigenvalue weighted by Crippen LogP contribution is 2.35. The number of carbonyl (C=O) groups excluding carboxylic acids is 2. The van der Waals surface area contributed by atoms with Crippen molar-refractivity contribution in [3.63, 3.8) is 0 Å². The number of hydrogen-bond donors (Lipinski definition) is 2. The highest BCUT2D eigenvalue weighted by atomic mass is 19.1. The van der Waals surface area contributed by atoms with Gasteiger partial charge in [0, 0.05) is 6.42 Å². The molecular weight excluding hydrogens is 311 g/mol. The van der Waals surface area contributed by atoms with Gasteiger partial charge in [0.05, 0.1) is 11.4 Å². The second-order valence-corrected chi connectivity index (χ2v) is 5.72. The molecule has 0 saturated heterocycles. The van der Waals surface area contributed by atoms with E-state index in [1.165, 1.54) is 12.1 Å². The molecule has 2 aromatic rings. The number of para-hydroxylation sites is 1. The molecule has 0 bridgehead atoms. The standard InChI is InChI=1S/C18H17FN2O3/c1-11(12-5-7-13(19)8-6-12)9-16(22)20-14-3-2-4-15-18(14)24-10-17(23)21-15/h2-8,11H,9-10H2,1H3,(H,20,22)(H,21,23). The molecule has 24 heavy (non-hydrogen) atoms. The average molecular weight is 328 g/mol. The van der Waals surface area contributed by atoms with Gasteiger partial charge in [-0.2, -0.15) is 0 Å². The van der Waals surface area contributed by atoms with Crippen molar-refractivity contribution in [2.45, 2.75) is 19.3 Å². The van der Waals surface area contributed by atoms with Crippen LogP contribution >= 0.6 is 0 Å². The number of anilines is 2. The number of rotatable bonds is 4. The molecule has 1 atom stereocenters. The summed E-state index contributed by atoms with van der Waals surface area (Å²) in [7, 11) is 0. The van der Waals surface area contributed by atoms with Crippen molar-refractivity contribution in [3.8, 4) is 5.75 Å². The molecule has 2 aromatic carbocycles. The van der Waals surface area contributed by atoms with Gasteiger partial charge in [-0.15, -0.1) is 0 Å². The maximum Gasteiger partial charge on any atom is 0.262 e. The number of carbonyl (C=O) groups is 2. The van der Waals surface area contributed by atoms with Gasteiger partial charge in [-0.05, 0) is 35.7 Å². The third-order valence-electron chi connectivity index (χ3n) is 3.84. The van der Waals surface area contributed by atoms with E-state index in [2.05, 4.69) is 10.6 Å². The van der Waals surface area contributed by atoms with E-state index in [4.69, 9.17) is 4.74 Å². The van der Waals surface area contributed by atoms with Crippen LogP contribution in [0.4, 0.5) is 15.8 Å². The lowest BCUT2D eigenvalue weighted by Crippen LogP contribution is -2.26. The monoisotopic (exact) mass is 328 g/mol. The second kappa shape index (κ2) is 6.70. The first kappa shape index (κ1) is 16.0. The van der Waals surface area contributed by atoms with Crippen LogP contribution in [0.2, 0.25) is 0 Å². The fraction of sp³-hybridized carbons (Fsp3) is 0.222. The van der Waals surface area contributed by atoms with Gasteiger partial charge in [0.1, 0.15) is 5.82 Å². The van der Waals surface area contributed by atoms with Crippen molar-refractivity contribution in [2.75, 3.05) is 17.2 Å². The molecule has 0 aliphatic carbocycles. The summed E-state index contributed by atoms with van der Waals surface area (Å²) >= 11 is 0. The zero-order valence-electron chi connectivity index (χ0n) is 13.1. The Kier molecular flexibility index (Phi) is 4.46. The Morgan fingerprint density at radius 1 is 1.29 bits per heavy atom. The minimum absolute atomic E-state index is 0.0502. The SMILES string of the molecule is CC(CC(=O)Nc1cccc2c1OCC(=O)N2)c1ccc(F)cc1. The van der Waals surface area contributed by atoms with Gasteiger partial charge in [-0.25, -0.2) is 4.39 Å². The molecule has 1 heterocycles. The van der Waals surface area contributed by atoms with E-state index < -0.39 is 0 Å². The van der Waals surface area contributed by atoms with Crippen molar-refractivity contribution in [3.05, 3.63) is 53.8 Å². The van der Waals surface area contributed by atoms with E-state index in [0.29, 0.717) is 17.1 Å². The molecule has 0 aromatic heterocycles. The number of ether oxygens (including phenoxy) is 1. The largest absolute Gasteiger partial charge is 0.479 e. The van der Waals surface area contributed by atoms with Crippen molar-refractivity contribution < 1.29 is 18.7 Å². The summed E-state index contributed by atoms with van der Waals surface area (Å²) < 4.78 is 18.4. The maximum atomic E-state index is 13.0. The van der Waals surface area contributed by atoms with Crippen LogP contribution < -0.4 is 15.4 Å². The summed E-state index contributed by atoms with van der Waals surface area (Å²) in [6.45, 7) is 1.83. The third kappa shape index (κ3) is 3.53. The molecule has 2 N–H and O–H groups in total. The Balaban J connectivity index is 1.68. The smallest absolute Gasteiger partial charge is 0.262 e. The molecule has 0 saturated carbocycles. The third-order valence-corrected chi connectivity index (χ3v) is 3.84. The second-order valence-electron chi connectivity index (χ2n) is 5.72. The van der Waals surface area contributed by atoms with Crippen LogP contribution in [-0.2, 0) is 9.59 Å². The van der Waals surface area contributed by atoms with E-state index in [9.17, 15) is 14.0 Å². The van der Waals surface area contributed by atoms with Crippen LogP contribution in [0.15, 0.2) is 42.5 Å². The molecule has 2 amide bonds. The van der Waals surface area contributed by atoms with Gasteiger partial charge < -0.3 is 15.4 Å². The quantitative estimate of drug-likeness (QED) is 0.905. The fourth-order valence-electron chi connectivity index (χ4n) is 2.60. The number of fused-ring (bicyclic) bond motifs is 1. The summed E-state index contributed by atoms with van der Waals surface area (Å²) in [6.07, 6.45) is 0.252. The van der Waals surface area contributed by atoms with E-state index in [1.54, 1.807) is 30.3 Å².